The molecule has 1 atom stereocenters. The predicted molar refractivity (Wildman–Crippen MR) is 110 cm³/mol. The van der Waals surface area contributed by atoms with Gasteiger partial charge in [-0.15, -0.1) is 0 Å². The summed E-state index contributed by atoms with van der Waals surface area (Å²) in [5, 5.41) is 7.00. The average molecular weight is 466 g/mol. The van der Waals surface area contributed by atoms with Gasteiger partial charge in [-0.25, -0.2) is 9.37 Å². The summed E-state index contributed by atoms with van der Waals surface area (Å²) in [5.41, 5.74) is 4.80. The van der Waals surface area contributed by atoms with Crippen LogP contribution in [0.15, 0.2) is 30.6 Å². The first-order valence-electron chi connectivity index (χ1n) is 9.18. The smallest absolute Gasteiger partial charge is 0.382 e. The quantitative estimate of drug-likeness (QED) is 0.349. The summed E-state index contributed by atoms with van der Waals surface area (Å²) in [6.07, 6.45) is -1.90. The zero-order valence-electron chi connectivity index (χ0n) is 17.2. The Morgan fingerprint density at radius 1 is 1.28 bits per heavy atom. The van der Waals surface area contributed by atoms with Gasteiger partial charge in [0.15, 0.2) is 9.68 Å². The number of nitrogen functional groups attached to an aromatic ring is 1. The van der Waals surface area contributed by atoms with Crippen LogP contribution in [0.3, 0.4) is 0 Å². The first-order valence-corrected chi connectivity index (χ1v) is 10.2. The van der Waals surface area contributed by atoms with Gasteiger partial charge >= 0.3 is 18.0 Å². The zero-order valence-corrected chi connectivity index (χ0v) is 18.2. The molecule has 0 aliphatic carbocycles. The molecule has 0 fully saturated rings. The molecule has 0 bridgehead atoms. The van der Waals surface area contributed by atoms with E-state index in [0.717, 1.165) is 16.7 Å². The third kappa shape index (κ3) is 4.56. The van der Waals surface area contributed by atoms with E-state index in [1.165, 1.54) is 24.1 Å². The van der Waals surface area contributed by atoms with E-state index in [2.05, 4.69) is 15.4 Å². The fourth-order valence-corrected chi connectivity index (χ4v) is 4.28. The van der Waals surface area contributed by atoms with Gasteiger partial charge in [-0.05, 0) is 23.2 Å². The molecule has 8 nitrogen and oxygen atoms in total. The summed E-state index contributed by atoms with van der Waals surface area (Å²) in [6, 6.07) is 2.23. The molecule has 2 aromatic heterocycles. The van der Waals surface area contributed by atoms with Gasteiger partial charge in [0.05, 0.1) is 23.6 Å². The van der Waals surface area contributed by atoms with Crippen LogP contribution in [0.4, 0.5) is 29.1 Å². The second kappa shape index (κ2) is 8.57. The van der Waals surface area contributed by atoms with Gasteiger partial charge in [0.1, 0.15) is 17.2 Å². The molecule has 13 heteroatoms. The van der Waals surface area contributed by atoms with Gasteiger partial charge in [-0.1, -0.05) is 13.0 Å². The summed E-state index contributed by atoms with van der Waals surface area (Å²) in [6.45, 7) is 1.55. The normalized spacial score (nSPS) is 12.6. The van der Waals surface area contributed by atoms with Gasteiger partial charge in [0.2, 0.25) is 0 Å². The van der Waals surface area contributed by atoms with Crippen molar-refractivity contribution in [1.29, 1.82) is 0 Å². The number of halogens is 4. The van der Waals surface area contributed by atoms with Crippen LogP contribution in [0.25, 0.3) is 10.9 Å². The van der Waals surface area contributed by atoms with Crippen LogP contribution in [-0.2, 0) is 22.8 Å². The Kier molecular flexibility index (Phi) is 6.21. The van der Waals surface area contributed by atoms with E-state index in [-0.39, 0.29) is 17.1 Å². The standard InChI is InChI=1S/C19H18F4N6O2Si/c1-9(11-5-4-10(6-13(11)20)19(21,22)23)32-29(3)18(31)17(30)27-14-8-25-16(24)15-12(14)7-26-28(15)2/h4-9H,1-3H3,(H2,24,25)(H,27,30)/t9-/m0/s1. The van der Waals surface area contributed by atoms with Crippen molar-refractivity contribution in [2.45, 2.75) is 18.6 Å². The predicted octanol–water partition coefficient (Wildman–Crippen LogP) is 2.49. The highest BCUT2D eigenvalue weighted by Crippen LogP contribution is 2.31. The number of nitrogens with one attached hydrogen (secondary N) is 1. The molecule has 32 heavy (non-hydrogen) atoms. The molecule has 2 heterocycles. The van der Waals surface area contributed by atoms with E-state index in [9.17, 15) is 27.2 Å². The lowest BCUT2D eigenvalue weighted by Gasteiger charge is -2.21. The SMILES string of the molecule is C[C@H]([Si]N(C)C(=O)C(=O)Nc1cnc(N)c2c1cnn2C)c1ccc(C(F)(F)F)cc1F. The number of hydrogen-bond donors (Lipinski definition) is 2. The first-order chi connectivity index (χ1) is 14.9. The Bertz CT molecular complexity index is 1200. The molecule has 3 rings (SSSR count). The van der Waals surface area contributed by atoms with Gasteiger partial charge < -0.3 is 15.6 Å². The van der Waals surface area contributed by atoms with E-state index in [1.807, 2.05) is 0 Å². The number of nitrogens with zero attached hydrogens (tertiary/aromatic N) is 4. The van der Waals surface area contributed by atoms with Crippen LogP contribution < -0.4 is 11.1 Å². The number of amides is 2. The summed E-state index contributed by atoms with van der Waals surface area (Å²) in [7, 11) is 2.60. The number of fused-ring (bicyclic) bond motifs is 1. The molecule has 0 unspecified atom stereocenters. The number of carbonyl (C=O) groups is 2. The van der Waals surface area contributed by atoms with Gasteiger partial charge in [0.25, 0.3) is 0 Å². The zero-order chi connectivity index (χ0) is 23.8. The molecule has 0 aliphatic heterocycles. The fraction of sp³-hybridized carbons (Fsp3) is 0.263. The molecular formula is C19H18F4N6O2Si. The number of likely N-dealkylation sites (N-methyl/N-ethyl adjacent to an activating group) is 1. The van der Waals surface area contributed by atoms with Gasteiger partial charge in [-0.3, -0.25) is 14.3 Å². The molecular weight excluding hydrogens is 448 g/mol. The summed E-state index contributed by atoms with van der Waals surface area (Å²) in [4.78, 5) is 28.9. The second-order valence-corrected chi connectivity index (χ2v) is 8.79. The summed E-state index contributed by atoms with van der Waals surface area (Å²) >= 11 is 0. The first kappa shape index (κ1) is 23.2. The maximum Gasteiger partial charge on any atom is 0.416 e. The van der Waals surface area contributed by atoms with Gasteiger partial charge in [-0.2, -0.15) is 18.3 Å². The number of aryl methyl sites for hydroxylation is 1. The van der Waals surface area contributed by atoms with Crippen molar-refractivity contribution in [3.05, 3.63) is 47.5 Å². The van der Waals surface area contributed by atoms with E-state index < -0.39 is 44.6 Å². The minimum Gasteiger partial charge on any atom is -0.382 e. The highest BCUT2D eigenvalue weighted by atomic mass is 28.2. The minimum absolute atomic E-state index is 0.0104. The minimum atomic E-state index is -4.66. The third-order valence-corrected chi connectivity index (χ3v) is 6.02. The number of carbonyl (C=O) groups excluding carboxylic acids is 2. The molecule has 3 N–H and O–H groups in total. The second-order valence-electron chi connectivity index (χ2n) is 6.99. The Labute approximate surface area is 182 Å². The highest BCUT2D eigenvalue weighted by molar-refractivity contribution is 6.50. The number of rotatable bonds is 4. The maximum atomic E-state index is 14.2. The van der Waals surface area contributed by atoms with Crippen molar-refractivity contribution in [3.63, 3.8) is 0 Å². The van der Waals surface area contributed by atoms with Crippen LogP contribution in [0, 0.1) is 5.82 Å². The molecule has 0 saturated heterocycles. The lowest BCUT2D eigenvalue weighted by Crippen LogP contribution is -2.41. The van der Waals surface area contributed by atoms with Crippen LogP contribution in [0.2, 0.25) is 0 Å². The third-order valence-electron chi connectivity index (χ3n) is 4.73. The Morgan fingerprint density at radius 2 is 1.97 bits per heavy atom. The fourth-order valence-electron chi connectivity index (χ4n) is 3.10. The number of hydrogen-bond acceptors (Lipinski definition) is 5. The van der Waals surface area contributed by atoms with E-state index in [1.54, 1.807) is 14.0 Å². The maximum absolute atomic E-state index is 14.2. The molecule has 168 valence electrons. The van der Waals surface area contributed by atoms with Crippen LogP contribution >= 0.6 is 0 Å². The number of aromatic nitrogens is 3. The number of pyridine rings is 1. The molecule has 2 amide bonds. The number of anilines is 2. The highest BCUT2D eigenvalue weighted by Gasteiger charge is 2.32. The molecule has 0 spiro atoms. The number of nitrogens with two attached hydrogens (primary N) is 1. The molecule has 2 radical (unpaired) electrons. The van der Waals surface area contributed by atoms with Crippen LogP contribution in [-0.4, -0.2) is 47.9 Å². The van der Waals surface area contributed by atoms with E-state index >= 15 is 0 Å². The van der Waals surface area contributed by atoms with Crippen molar-refractivity contribution in [2.75, 3.05) is 18.1 Å². The Balaban J connectivity index is 1.71. The monoisotopic (exact) mass is 466 g/mol. The summed E-state index contributed by atoms with van der Waals surface area (Å²) < 4.78 is 54.9. The van der Waals surface area contributed by atoms with Crippen LogP contribution in [0.5, 0.6) is 0 Å². The lowest BCUT2D eigenvalue weighted by atomic mass is 10.1. The van der Waals surface area contributed by atoms with E-state index in [0.29, 0.717) is 17.0 Å². The van der Waals surface area contributed by atoms with Crippen molar-refractivity contribution in [1.82, 2.24) is 19.3 Å². The van der Waals surface area contributed by atoms with Crippen molar-refractivity contribution >= 4 is 43.9 Å². The van der Waals surface area contributed by atoms with Crippen molar-refractivity contribution in [3.8, 4) is 0 Å². The molecule has 0 aliphatic rings. The lowest BCUT2D eigenvalue weighted by molar-refractivity contribution is -0.139. The molecule has 0 saturated carbocycles. The Morgan fingerprint density at radius 3 is 2.59 bits per heavy atom. The molecule has 3 aromatic rings. The topological polar surface area (TPSA) is 106 Å². The molecule has 1 aromatic carbocycles. The van der Waals surface area contributed by atoms with Crippen molar-refractivity contribution in [2.24, 2.45) is 7.05 Å². The largest absolute Gasteiger partial charge is 0.416 e. The van der Waals surface area contributed by atoms with Crippen molar-refractivity contribution < 1.29 is 27.2 Å². The number of benzene rings is 1. The van der Waals surface area contributed by atoms with E-state index in [4.69, 9.17) is 5.73 Å². The average Bonchev–Trinajstić information content (AvgIpc) is 3.11. The number of alkyl halides is 3. The van der Waals surface area contributed by atoms with Crippen LogP contribution in [0.1, 0.15) is 23.6 Å². The Hall–Kier alpha value is -3.48. The van der Waals surface area contributed by atoms with Gasteiger partial charge in [0, 0.05) is 19.5 Å². The summed E-state index contributed by atoms with van der Waals surface area (Å²) in [5.74, 6) is -2.69.